The Bertz CT molecular complexity index is 418. The van der Waals surface area contributed by atoms with Crippen LogP contribution < -0.4 is 0 Å². The minimum Gasteiger partial charge on any atom is -0.481 e. The number of benzene rings is 1. The number of aliphatic hydroxyl groups is 1. The zero-order valence-corrected chi connectivity index (χ0v) is 10.5. The lowest BCUT2D eigenvalue weighted by atomic mass is 9.84. The van der Waals surface area contributed by atoms with Gasteiger partial charge < -0.3 is 10.2 Å². The second-order valence-corrected chi connectivity index (χ2v) is 4.69. The molecule has 0 aliphatic carbocycles. The fourth-order valence-electron chi connectivity index (χ4n) is 1.30. The molecule has 2 atom stereocenters. The Morgan fingerprint density at radius 1 is 1.56 bits per heavy atom. The standard InChI is InChI=1S/C11H12BrFO3/c1-6(10(14)15)11(2,16)7-3-4-9(13)8(12)5-7/h3-6,16H,1-2H3,(H,14,15). The number of carbonyl (C=O) groups is 1. The number of carboxylic acids is 1. The summed E-state index contributed by atoms with van der Waals surface area (Å²) in [6.45, 7) is 2.80. The Kier molecular flexibility index (Phi) is 3.70. The summed E-state index contributed by atoms with van der Waals surface area (Å²) in [6, 6.07) is 3.94. The molecule has 3 nitrogen and oxygen atoms in total. The molecule has 0 aliphatic rings. The summed E-state index contributed by atoms with van der Waals surface area (Å²) in [4.78, 5) is 10.8. The molecule has 0 aliphatic heterocycles. The van der Waals surface area contributed by atoms with Crippen molar-refractivity contribution in [3.05, 3.63) is 34.1 Å². The number of halogens is 2. The third kappa shape index (κ3) is 2.41. The lowest BCUT2D eigenvalue weighted by molar-refractivity contribution is -0.150. The van der Waals surface area contributed by atoms with Gasteiger partial charge in [0.15, 0.2) is 0 Å². The highest BCUT2D eigenvalue weighted by molar-refractivity contribution is 9.10. The third-order valence-corrected chi connectivity index (χ3v) is 3.33. The minimum atomic E-state index is -1.54. The molecular weight excluding hydrogens is 279 g/mol. The third-order valence-electron chi connectivity index (χ3n) is 2.72. The molecule has 0 aromatic heterocycles. The molecular formula is C11H12BrFO3. The molecule has 2 N–H and O–H groups in total. The maximum absolute atomic E-state index is 13.0. The van der Waals surface area contributed by atoms with E-state index in [9.17, 15) is 14.3 Å². The largest absolute Gasteiger partial charge is 0.481 e. The van der Waals surface area contributed by atoms with Crippen LogP contribution in [0.15, 0.2) is 22.7 Å². The Morgan fingerprint density at radius 2 is 2.12 bits per heavy atom. The number of hydrogen-bond acceptors (Lipinski definition) is 2. The number of carboxylic acid groups (broad SMARTS) is 1. The normalized spacial score (nSPS) is 16.6. The lowest BCUT2D eigenvalue weighted by Crippen LogP contribution is -2.35. The molecule has 0 spiro atoms. The van der Waals surface area contributed by atoms with Crippen LogP contribution in [0.5, 0.6) is 0 Å². The Labute approximate surface area is 101 Å². The Balaban J connectivity index is 3.16. The summed E-state index contributed by atoms with van der Waals surface area (Å²) >= 11 is 2.99. The first kappa shape index (κ1) is 13.1. The molecule has 0 fully saturated rings. The van der Waals surface area contributed by atoms with E-state index < -0.39 is 23.3 Å². The fourth-order valence-corrected chi connectivity index (χ4v) is 1.68. The van der Waals surface area contributed by atoms with Gasteiger partial charge in [-0.3, -0.25) is 4.79 Å². The Morgan fingerprint density at radius 3 is 2.56 bits per heavy atom. The first-order valence-corrected chi connectivity index (χ1v) is 5.47. The van der Waals surface area contributed by atoms with E-state index in [1.165, 1.54) is 32.0 Å². The molecule has 5 heteroatoms. The van der Waals surface area contributed by atoms with Gasteiger partial charge in [-0.2, -0.15) is 0 Å². The van der Waals surface area contributed by atoms with E-state index in [1.807, 2.05) is 0 Å². The van der Waals surface area contributed by atoms with Crippen LogP contribution >= 0.6 is 15.9 Å². The summed E-state index contributed by atoms with van der Waals surface area (Å²) in [6.07, 6.45) is 0. The summed E-state index contributed by atoms with van der Waals surface area (Å²) in [5.41, 5.74) is -1.18. The highest BCUT2D eigenvalue weighted by Crippen LogP contribution is 2.31. The van der Waals surface area contributed by atoms with Gasteiger partial charge in [0.05, 0.1) is 16.0 Å². The average Bonchev–Trinajstić information content (AvgIpc) is 2.20. The molecule has 0 saturated heterocycles. The van der Waals surface area contributed by atoms with E-state index in [-0.39, 0.29) is 4.47 Å². The summed E-state index contributed by atoms with van der Waals surface area (Å²) < 4.78 is 13.2. The zero-order valence-electron chi connectivity index (χ0n) is 8.87. The molecule has 88 valence electrons. The summed E-state index contributed by atoms with van der Waals surface area (Å²) in [5.74, 6) is -2.54. The van der Waals surface area contributed by atoms with Crippen molar-refractivity contribution in [3.63, 3.8) is 0 Å². The molecule has 16 heavy (non-hydrogen) atoms. The van der Waals surface area contributed by atoms with E-state index in [0.717, 1.165) is 0 Å². The summed E-state index contributed by atoms with van der Waals surface area (Å²) in [7, 11) is 0. The minimum absolute atomic E-state index is 0.197. The number of hydrogen-bond donors (Lipinski definition) is 2. The van der Waals surface area contributed by atoms with Crippen molar-refractivity contribution in [1.82, 2.24) is 0 Å². The second kappa shape index (κ2) is 4.51. The van der Waals surface area contributed by atoms with Crippen molar-refractivity contribution in [1.29, 1.82) is 0 Å². The van der Waals surface area contributed by atoms with Crippen LogP contribution in [0.3, 0.4) is 0 Å². The van der Waals surface area contributed by atoms with Crippen molar-refractivity contribution in [3.8, 4) is 0 Å². The predicted molar refractivity (Wildman–Crippen MR) is 60.5 cm³/mol. The molecule has 0 saturated carbocycles. The maximum atomic E-state index is 13.0. The van der Waals surface area contributed by atoms with Crippen molar-refractivity contribution in [2.24, 2.45) is 5.92 Å². The van der Waals surface area contributed by atoms with Gasteiger partial charge in [-0.25, -0.2) is 4.39 Å². The van der Waals surface area contributed by atoms with E-state index in [4.69, 9.17) is 5.11 Å². The van der Waals surface area contributed by atoms with Gasteiger partial charge in [-0.1, -0.05) is 6.07 Å². The topological polar surface area (TPSA) is 57.5 Å². The van der Waals surface area contributed by atoms with Crippen LogP contribution in [-0.2, 0) is 10.4 Å². The van der Waals surface area contributed by atoms with Gasteiger partial charge in [-0.15, -0.1) is 0 Å². The predicted octanol–water partition coefficient (Wildman–Crippen LogP) is 2.52. The quantitative estimate of drug-likeness (QED) is 0.899. The van der Waals surface area contributed by atoms with Crippen LogP contribution in [0.4, 0.5) is 4.39 Å². The van der Waals surface area contributed by atoms with Crippen LogP contribution in [0.1, 0.15) is 19.4 Å². The first-order valence-electron chi connectivity index (χ1n) is 4.67. The van der Waals surface area contributed by atoms with Gasteiger partial charge in [0.25, 0.3) is 0 Å². The Hall–Kier alpha value is -0.940. The van der Waals surface area contributed by atoms with Crippen LogP contribution in [0, 0.1) is 11.7 Å². The van der Waals surface area contributed by atoms with Gasteiger partial charge >= 0.3 is 5.97 Å². The van der Waals surface area contributed by atoms with E-state index >= 15 is 0 Å². The van der Waals surface area contributed by atoms with E-state index in [2.05, 4.69) is 15.9 Å². The smallest absolute Gasteiger partial charge is 0.309 e. The highest BCUT2D eigenvalue weighted by atomic mass is 79.9. The maximum Gasteiger partial charge on any atom is 0.309 e. The van der Waals surface area contributed by atoms with Crippen molar-refractivity contribution >= 4 is 21.9 Å². The zero-order chi connectivity index (χ0) is 12.5. The van der Waals surface area contributed by atoms with Gasteiger partial charge in [0.2, 0.25) is 0 Å². The van der Waals surface area contributed by atoms with Crippen molar-refractivity contribution in [2.75, 3.05) is 0 Å². The van der Waals surface area contributed by atoms with Crippen LogP contribution in [0.2, 0.25) is 0 Å². The van der Waals surface area contributed by atoms with Gasteiger partial charge in [0.1, 0.15) is 5.82 Å². The van der Waals surface area contributed by atoms with Crippen LogP contribution in [-0.4, -0.2) is 16.2 Å². The molecule has 2 unspecified atom stereocenters. The molecule has 0 bridgehead atoms. The molecule has 0 amide bonds. The second-order valence-electron chi connectivity index (χ2n) is 3.84. The van der Waals surface area contributed by atoms with E-state index in [1.54, 1.807) is 0 Å². The molecule has 1 rings (SSSR count). The highest BCUT2D eigenvalue weighted by Gasteiger charge is 2.35. The van der Waals surface area contributed by atoms with Crippen molar-refractivity contribution < 1.29 is 19.4 Å². The lowest BCUT2D eigenvalue weighted by Gasteiger charge is -2.28. The first-order chi connectivity index (χ1) is 7.26. The molecule has 1 aromatic rings. The average molecular weight is 291 g/mol. The molecule has 1 aromatic carbocycles. The number of rotatable bonds is 3. The fraction of sp³-hybridized carbons (Fsp3) is 0.364. The monoisotopic (exact) mass is 290 g/mol. The van der Waals surface area contributed by atoms with E-state index in [0.29, 0.717) is 5.56 Å². The molecule has 0 radical (unpaired) electrons. The van der Waals surface area contributed by atoms with Gasteiger partial charge in [-0.05, 0) is 47.5 Å². The number of aliphatic carboxylic acids is 1. The van der Waals surface area contributed by atoms with Crippen LogP contribution in [0.25, 0.3) is 0 Å². The SMILES string of the molecule is CC(C(=O)O)C(C)(O)c1ccc(F)c(Br)c1. The van der Waals surface area contributed by atoms with Crippen molar-refractivity contribution in [2.45, 2.75) is 19.4 Å². The summed E-state index contributed by atoms with van der Waals surface area (Å²) in [5, 5.41) is 19.0. The van der Waals surface area contributed by atoms with Gasteiger partial charge in [0, 0.05) is 0 Å². The molecule has 0 heterocycles.